The summed E-state index contributed by atoms with van der Waals surface area (Å²) in [6, 6.07) is 8.07. The number of hydrogen-bond acceptors (Lipinski definition) is 2. The van der Waals surface area contributed by atoms with E-state index in [4.69, 9.17) is 0 Å². The van der Waals surface area contributed by atoms with Crippen LogP contribution >= 0.6 is 27.7 Å². The summed E-state index contributed by atoms with van der Waals surface area (Å²) in [6.07, 6.45) is 1.79. The van der Waals surface area contributed by atoms with Gasteiger partial charge in [0.05, 0.1) is 5.75 Å². The van der Waals surface area contributed by atoms with Crippen molar-refractivity contribution in [1.82, 2.24) is 0 Å². The van der Waals surface area contributed by atoms with Crippen LogP contribution in [0.15, 0.2) is 33.6 Å². The molecule has 0 saturated heterocycles. The lowest BCUT2D eigenvalue weighted by atomic mass is 10.0. The zero-order chi connectivity index (χ0) is 12.0. The second kappa shape index (κ2) is 7.13. The average molecular weight is 301 g/mol. The SMILES string of the molecule is CCC(C)CC(=O)CSc1ccc(Br)cc1. The highest BCUT2D eigenvalue weighted by Crippen LogP contribution is 2.21. The molecule has 1 aromatic rings. The number of halogens is 1. The van der Waals surface area contributed by atoms with Crippen molar-refractivity contribution in [3.05, 3.63) is 28.7 Å². The van der Waals surface area contributed by atoms with E-state index >= 15 is 0 Å². The summed E-state index contributed by atoms with van der Waals surface area (Å²) in [6.45, 7) is 4.25. The van der Waals surface area contributed by atoms with Gasteiger partial charge in [0.15, 0.2) is 0 Å². The van der Waals surface area contributed by atoms with Crippen molar-refractivity contribution >= 4 is 33.5 Å². The number of rotatable bonds is 6. The van der Waals surface area contributed by atoms with E-state index in [9.17, 15) is 4.79 Å². The molecule has 0 saturated carbocycles. The molecule has 0 radical (unpaired) electrons. The normalized spacial score (nSPS) is 12.4. The molecule has 1 aromatic carbocycles. The Bertz CT molecular complexity index is 334. The van der Waals surface area contributed by atoms with Crippen LogP contribution in [0.25, 0.3) is 0 Å². The fourth-order valence-electron chi connectivity index (χ4n) is 1.29. The summed E-state index contributed by atoms with van der Waals surface area (Å²) in [7, 11) is 0. The molecule has 0 bridgehead atoms. The summed E-state index contributed by atoms with van der Waals surface area (Å²) >= 11 is 5.01. The van der Waals surface area contributed by atoms with Crippen LogP contribution in [0.1, 0.15) is 26.7 Å². The molecule has 1 atom stereocenters. The summed E-state index contributed by atoms with van der Waals surface area (Å²) in [5.74, 6) is 1.45. The third-order valence-electron chi connectivity index (χ3n) is 2.49. The quantitative estimate of drug-likeness (QED) is 0.717. The Morgan fingerprint density at radius 2 is 2.00 bits per heavy atom. The number of hydrogen-bond donors (Lipinski definition) is 0. The van der Waals surface area contributed by atoms with Gasteiger partial charge in [0, 0.05) is 15.8 Å². The third kappa shape index (κ3) is 5.17. The second-order valence-corrected chi connectivity index (χ2v) is 5.96. The van der Waals surface area contributed by atoms with Gasteiger partial charge >= 0.3 is 0 Å². The Kier molecular flexibility index (Phi) is 6.14. The van der Waals surface area contributed by atoms with E-state index in [1.165, 1.54) is 0 Å². The van der Waals surface area contributed by atoms with Gasteiger partial charge in [-0.15, -0.1) is 11.8 Å². The smallest absolute Gasteiger partial charge is 0.143 e. The summed E-state index contributed by atoms with van der Waals surface area (Å²) in [5, 5.41) is 0. The molecule has 0 amide bonds. The zero-order valence-corrected chi connectivity index (χ0v) is 12.1. The fourth-order valence-corrected chi connectivity index (χ4v) is 2.32. The lowest BCUT2D eigenvalue weighted by Gasteiger charge is -2.06. The molecule has 0 aliphatic rings. The predicted molar refractivity (Wildman–Crippen MR) is 73.9 cm³/mol. The van der Waals surface area contributed by atoms with Gasteiger partial charge in [-0.1, -0.05) is 36.2 Å². The van der Waals surface area contributed by atoms with Gasteiger partial charge in [-0.25, -0.2) is 0 Å². The first-order valence-electron chi connectivity index (χ1n) is 5.52. The van der Waals surface area contributed by atoms with E-state index in [1.54, 1.807) is 11.8 Å². The van der Waals surface area contributed by atoms with Crippen LogP contribution in [0, 0.1) is 5.92 Å². The first-order valence-corrected chi connectivity index (χ1v) is 7.29. The van der Waals surface area contributed by atoms with E-state index in [-0.39, 0.29) is 0 Å². The maximum absolute atomic E-state index is 11.6. The maximum Gasteiger partial charge on any atom is 0.143 e. The van der Waals surface area contributed by atoms with Crippen LogP contribution in [-0.2, 0) is 4.79 Å². The van der Waals surface area contributed by atoms with E-state index in [2.05, 4.69) is 29.8 Å². The lowest BCUT2D eigenvalue weighted by Crippen LogP contribution is -2.06. The summed E-state index contributed by atoms with van der Waals surface area (Å²) < 4.78 is 1.07. The van der Waals surface area contributed by atoms with Crippen LogP contribution in [-0.4, -0.2) is 11.5 Å². The number of Topliss-reactive ketones (excluding diaryl/α,β-unsaturated/α-hetero) is 1. The largest absolute Gasteiger partial charge is 0.299 e. The molecule has 88 valence electrons. The van der Waals surface area contributed by atoms with Gasteiger partial charge in [0.1, 0.15) is 5.78 Å². The molecular formula is C13H17BrOS. The average Bonchev–Trinajstić information content (AvgIpc) is 2.28. The van der Waals surface area contributed by atoms with Crippen LogP contribution in [0.2, 0.25) is 0 Å². The van der Waals surface area contributed by atoms with E-state index in [0.717, 1.165) is 15.8 Å². The number of carbonyl (C=O) groups excluding carboxylic acids is 1. The first-order chi connectivity index (χ1) is 7.61. The van der Waals surface area contributed by atoms with Crippen molar-refractivity contribution in [2.45, 2.75) is 31.6 Å². The fraction of sp³-hybridized carbons (Fsp3) is 0.462. The van der Waals surface area contributed by atoms with Gasteiger partial charge < -0.3 is 0 Å². The molecule has 16 heavy (non-hydrogen) atoms. The highest BCUT2D eigenvalue weighted by atomic mass is 79.9. The van der Waals surface area contributed by atoms with Crippen molar-refractivity contribution < 1.29 is 4.79 Å². The Morgan fingerprint density at radius 3 is 2.56 bits per heavy atom. The minimum Gasteiger partial charge on any atom is -0.299 e. The van der Waals surface area contributed by atoms with Gasteiger partial charge in [-0.2, -0.15) is 0 Å². The maximum atomic E-state index is 11.6. The van der Waals surface area contributed by atoms with Gasteiger partial charge in [0.2, 0.25) is 0 Å². The summed E-state index contributed by atoms with van der Waals surface area (Å²) in [4.78, 5) is 12.8. The number of thioether (sulfide) groups is 1. The predicted octanol–water partition coefficient (Wildman–Crippen LogP) is 4.55. The minimum atomic E-state index is 0.349. The van der Waals surface area contributed by atoms with E-state index in [0.29, 0.717) is 23.9 Å². The molecule has 0 fully saturated rings. The Morgan fingerprint density at radius 1 is 1.38 bits per heavy atom. The molecule has 1 nitrogen and oxygen atoms in total. The van der Waals surface area contributed by atoms with Crippen LogP contribution < -0.4 is 0 Å². The van der Waals surface area contributed by atoms with Crippen molar-refractivity contribution in [1.29, 1.82) is 0 Å². The van der Waals surface area contributed by atoms with Gasteiger partial charge in [-0.3, -0.25) is 4.79 Å². The molecule has 1 rings (SSSR count). The van der Waals surface area contributed by atoms with Crippen LogP contribution in [0.3, 0.4) is 0 Å². The standard InChI is InChI=1S/C13H17BrOS/c1-3-10(2)8-12(15)9-16-13-6-4-11(14)5-7-13/h4-7,10H,3,8-9H2,1-2H3. The van der Waals surface area contributed by atoms with Crippen molar-refractivity contribution in [3.8, 4) is 0 Å². The monoisotopic (exact) mass is 300 g/mol. The molecule has 1 unspecified atom stereocenters. The van der Waals surface area contributed by atoms with Gasteiger partial charge in [-0.05, 0) is 30.2 Å². The lowest BCUT2D eigenvalue weighted by molar-refractivity contribution is -0.117. The zero-order valence-electron chi connectivity index (χ0n) is 9.70. The highest BCUT2D eigenvalue weighted by molar-refractivity contribution is 9.10. The Balaban J connectivity index is 2.34. The van der Waals surface area contributed by atoms with Crippen molar-refractivity contribution in [2.24, 2.45) is 5.92 Å². The molecule has 3 heteroatoms. The molecule has 0 spiro atoms. The van der Waals surface area contributed by atoms with E-state index < -0.39 is 0 Å². The summed E-state index contributed by atoms with van der Waals surface area (Å²) in [5.41, 5.74) is 0. The molecule has 0 N–H and O–H groups in total. The number of carbonyl (C=O) groups is 1. The van der Waals surface area contributed by atoms with Crippen molar-refractivity contribution in [2.75, 3.05) is 5.75 Å². The first kappa shape index (κ1) is 13.8. The van der Waals surface area contributed by atoms with Gasteiger partial charge in [0.25, 0.3) is 0 Å². The minimum absolute atomic E-state index is 0.349. The van der Waals surface area contributed by atoms with Crippen molar-refractivity contribution in [3.63, 3.8) is 0 Å². The highest BCUT2D eigenvalue weighted by Gasteiger charge is 2.07. The van der Waals surface area contributed by atoms with Crippen LogP contribution in [0.5, 0.6) is 0 Å². The van der Waals surface area contributed by atoms with Crippen LogP contribution in [0.4, 0.5) is 0 Å². The Labute approximate surface area is 110 Å². The molecule has 0 heterocycles. The number of benzene rings is 1. The number of ketones is 1. The second-order valence-electron chi connectivity index (χ2n) is 4.00. The third-order valence-corrected chi connectivity index (χ3v) is 4.09. The molecule has 0 aliphatic carbocycles. The Hall–Kier alpha value is -0.280. The topological polar surface area (TPSA) is 17.1 Å². The molecule has 0 aliphatic heterocycles. The van der Waals surface area contributed by atoms with E-state index in [1.807, 2.05) is 24.3 Å². The molecular weight excluding hydrogens is 284 g/mol. The molecule has 0 aromatic heterocycles.